The fraction of sp³-hybridized carbons (Fsp3) is 0.333. The normalized spacial score (nSPS) is 10.6. The van der Waals surface area contributed by atoms with E-state index in [1.165, 1.54) is 29.2 Å². The second kappa shape index (κ2) is 8.76. The third kappa shape index (κ3) is 5.02. The van der Waals surface area contributed by atoms with Crippen LogP contribution in [-0.4, -0.2) is 28.9 Å². The molecule has 24 heavy (non-hydrogen) atoms. The lowest BCUT2D eigenvalue weighted by molar-refractivity contribution is -0.387. The molecule has 0 fully saturated rings. The Kier molecular flexibility index (Phi) is 6.71. The minimum atomic E-state index is -0.478. The molecule has 0 aliphatic carbocycles. The maximum atomic E-state index is 12.1. The molecule has 0 unspecified atom stereocenters. The van der Waals surface area contributed by atoms with Crippen molar-refractivity contribution in [3.05, 3.63) is 45.0 Å². The monoisotopic (exact) mass is 366 g/mol. The predicted molar refractivity (Wildman–Crippen MR) is 94.7 cm³/mol. The van der Waals surface area contributed by atoms with Crippen LogP contribution in [0.25, 0.3) is 0 Å². The van der Waals surface area contributed by atoms with Gasteiger partial charge in [-0.05, 0) is 38.4 Å². The number of hydrogen-bond acceptors (Lipinski definition) is 7. The van der Waals surface area contributed by atoms with Crippen LogP contribution in [-0.2, 0) is 0 Å². The standard InChI is InChI=1S/C15H18N4O3S2/c1-10-9-23-15(18-10)24-13-5-4-11(8-12(13)19(21)22)14(20)17-7-3-2-6-16/h4-5,8-9H,2-3,6-7,16H2,1H3,(H,17,20). The Balaban J connectivity index is 2.13. The Labute approximate surface area is 147 Å². The maximum absolute atomic E-state index is 12.1. The molecule has 0 saturated carbocycles. The van der Waals surface area contributed by atoms with E-state index in [2.05, 4.69) is 10.3 Å². The number of nitro benzene ring substituents is 1. The fourth-order valence-electron chi connectivity index (χ4n) is 1.93. The van der Waals surface area contributed by atoms with Crippen molar-refractivity contribution in [1.82, 2.24) is 10.3 Å². The summed E-state index contributed by atoms with van der Waals surface area (Å²) < 4.78 is 0.731. The summed E-state index contributed by atoms with van der Waals surface area (Å²) in [6.45, 7) is 2.94. The molecule has 128 valence electrons. The number of hydrogen-bond donors (Lipinski definition) is 2. The first-order valence-electron chi connectivity index (χ1n) is 7.38. The number of nitrogens with one attached hydrogen (secondary N) is 1. The molecule has 3 N–H and O–H groups in total. The molecule has 1 aromatic carbocycles. The highest BCUT2D eigenvalue weighted by Crippen LogP contribution is 2.36. The van der Waals surface area contributed by atoms with Gasteiger partial charge in [-0.1, -0.05) is 11.8 Å². The summed E-state index contributed by atoms with van der Waals surface area (Å²) in [5, 5.41) is 15.9. The van der Waals surface area contributed by atoms with Crippen molar-refractivity contribution in [2.45, 2.75) is 29.0 Å². The second-order valence-electron chi connectivity index (χ2n) is 5.05. The number of amides is 1. The van der Waals surface area contributed by atoms with Gasteiger partial charge in [0.1, 0.15) is 0 Å². The van der Waals surface area contributed by atoms with E-state index >= 15 is 0 Å². The van der Waals surface area contributed by atoms with Crippen LogP contribution in [0.4, 0.5) is 5.69 Å². The van der Waals surface area contributed by atoms with Crippen LogP contribution < -0.4 is 11.1 Å². The molecule has 1 heterocycles. The van der Waals surface area contributed by atoms with Gasteiger partial charge in [-0.15, -0.1) is 11.3 Å². The van der Waals surface area contributed by atoms with Crippen molar-refractivity contribution in [3.63, 3.8) is 0 Å². The lowest BCUT2D eigenvalue weighted by atomic mass is 10.2. The molecular weight excluding hydrogens is 348 g/mol. The van der Waals surface area contributed by atoms with Crippen molar-refractivity contribution in [3.8, 4) is 0 Å². The Morgan fingerprint density at radius 1 is 1.46 bits per heavy atom. The quantitative estimate of drug-likeness (QED) is 0.422. The number of nitro groups is 1. The van der Waals surface area contributed by atoms with Gasteiger partial charge in [0, 0.05) is 29.2 Å². The molecular formula is C15H18N4O3S2. The first-order chi connectivity index (χ1) is 11.5. The van der Waals surface area contributed by atoms with Crippen LogP contribution in [0, 0.1) is 17.0 Å². The third-order valence-electron chi connectivity index (χ3n) is 3.13. The maximum Gasteiger partial charge on any atom is 0.284 e. The minimum Gasteiger partial charge on any atom is -0.352 e. The molecule has 9 heteroatoms. The topological polar surface area (TPSA) is 111 Å². The van der Waals surface area contributed by atoms with Crippen molar-refractivity contribution in [2.24, 2.45) is 5.73 Å². The number of thiazole rings is 1. The molecule has 0 spiro atoms. The summed E-state index contributed by atoms with van der Waals surface area (Å²) in [6, 6.07) is 4.49. The van der Waals surface area contributed by atoms with E-state index in [4.69, 9.17) is 5.73 Å². The average Bonchev–Trinajstić information content (AvgIpc) is 2.96. The van der Waals surface area contributed by atoms with Gasteiger partial charge in [0.05, 0.1) is 9.82 Å². The van der Waals surface area contributed by atoms with Crippen LogP contribution in [0.3, 0.4) is 0 Å². The zero-order valence-corrected chi connectivity index (χ0v) is 14.8. The zero-order chi connectivity index (χ0) is 17.5. The Hall–Kier alpha value is -1.97. The van der Waals surface area contributed by atoms with Crippen LogP contribution in [0.2, 0.25) is 0 Å². The molecule has 0 bridgehead atoms. The van der Waals surface area contributed by atoms with Crippen LogP contribution in [0.1, 0.15) is 28.9 Å². The molecule has 0 aliphatic heterocycles. The minimum absolute atomic E-state index is 0.0949. The lowest BCUT2D eigenvalue weighted by Gasteiger charge is -2.06. The predicted octanol–water partition coefficient (Wildman–Crippen LogP) is 2.98. The van der Waals surface area contributed by atoms with Crippen molar-refractivity contribution < 1.29 is 9.72 Å². The zero-order valence-electron chi connectivity index (χ0n) is 13.2. The van der Waals surface area contributed by atoms with Crippen LogP contribution in [0.15, 0.2) is 32.8 Å². The number of benzene rings is 1. The van der Waals surface area contributed by atoms with Crippen molar-refractivity contribution in [1.29, 1.82) is 0 Å². The van der Waals surface area contributed by atoms with E-state index in [0.717, 1.165) is 22.9 Å². The van der Waals surface area contributed by atoms with E-state index < -0.39 is 4.92 Å². The van der Waals surface area contributed by atoms with Crippen molar-refractivity contribution in [2.75, 3.05) is 13.1 Å². The third-order valence-corrected chi connectivity index (χ3v) is 5.25. The molecule has 1 amide bonds. The largest absolute Gasteiger partial charge is 0.352 e. The fourth-order valence-corrected chi connectivity index (χ4v) is 3.81. The Morgan fingerprint density at radius 2 is 2.25 bits per heavy atom. The molecule has 1 aromatic heterocycles. The highest BCUT2D eigenvalue weighted by atomic mass is 32.2. The van der Waals surface area contributed by atoms with Gasteiger partial charge in [-0.3, -0.25) is 14.9 Å². The Bertz CT molecular complexity index is 733. The van der Waals surface area contributed by atoms with Gasteiger partial charge >= 0.3 is 0 Å². The summed E-state index contributed by atoms with van der Waals surface area (Å²) in [4.78, 5) is 27.7. The van der Waals surface area contributed by atoms with Crippen molar-refractivity contribution >= 4 is 34.7 Å². The highest BCUT2D eigenvalue weighted by Gasteiger charge is 2.19. The van der Waals surface area contributed by atoms with E-state index in [1.807, 2.05) is 12.3 Å². The van der Waals surface area contributed by atoms with E-state index in [0.29, 0.717) is 18.0 Å². The summed E-state index contributed by atoms with van der Waals surface area (Å²) in [7, 11) is 0. The van der Waals surface area contributed by atoms with Gasteiger partial charge < -0.3 is 11.1 Å². The van der Waals surface area contributed by atoms with Crippen LogP contribution >= 0.6 is 23.1 Å². The highest BCUT2D eigenvalue weighted by molar-refractivity contribution is 8.01. The van der Waals surface area contributed by atoms with Gasteiger partial charge in [-0.2, -0.15) is 0 Å². The molecule has 0 atom stereocenters. The Morgan fingerprint density at radius 3 is 2.88 bits per heavy atom. The van der Waals surface area contributed by atoms with Gasteiger partial charge in [-0.25, -0.2) is 4.98 Å². The number of aryl methyl sites for hydroxylation is 1. The molecule has 0 saturated heterocycles. The summed E-state index contributed by atoms with van der Waals surface area (Å²) in [5.41, 5.74) is 6.45. The summed E-state index contributed by atoms with van der Waals surface area (Å²) >= 11 is 2.66. The van der Waals surface area contributed by atoms with Gasteiger partial charge in [0.15, 0.2) is 4.34 Å². The number of nitrogens with two attached hydrogens (primary N) is 1. The first-order valence-corrected chi connectivity index (χ1v) is 9.07. The number of aromatic nitrogens is 1. The number of rotatable bonds is 8. The van der Waals surface area contributed by atoms with E-state index in [-0.39, 0.29) is 17.2 Å². The van der Waals surface area contributed by atoms with Crippen LogP contribution in [0.5, 0.6) is 0 Å². The first kappa shape index (κ1) is 18.4. The molecule has 0 aliphatic rings. The number of nitrogens with zero attached hydrogens (tertiary/aromatic N) is 2. The second-order valence-corrected chi connectivity index (χ2v) is 7.20. The molecule has 7 nitrogen and oxygen atoms in total. The van der Waals surface area contributed by atoms with Gasteiger partial charge in [0.2, 0.25) is 0 Å². The van der Waals surface area contributed by atoms with E-state index in [9.17, 15) is 14.9 Å². The number of carbonyl (C=O) groups is 1. The molecule has 0 radical (unpaired) electrons. The summed E-state index contributed by atoms with van der Waals surface area (Å²) in [5.74, 6) is -0.322. The smallest absolute Gasteiger partial charge is 0.284 e. The average molecular weight is 366 g/mol. The van der Waals surface area contributed by atoms with Gasteiger partial charge in [0.25, 0.3) is 11.6 Å². The number of unbranched alkanes of at least 4 members (excludes halogenated alkanes) is 1. The summed E-state index contributed by atoms with van der Waals surface area (Å²) in [6.07, 6.45) is 1.60. The van der Waals surface area contributed by atoms with E-state index in [1.54, 1.807) is 12.1 Å². The molecule has 2 aromatic rings. The molecule has 2 rings (SSSR count). The number of carbonyl (C=O) groups excluding carboxylic acids is 1. The SMILES string of the molecule is Cc1csc(Sc2ccc(C(=O)NCCCCN)cc2[N+](=O)[O-])n1. The lowest BCUT2D eigenvalue weighted by Crippen LogP contribution is -2.24.